The van der Waals surface area contributed by atoms with E-state index in [2.05, 4.69) is 9.71 Å². The molecule has 0 aliphatic carbocycles. The molecule has 0 atom stereocenters. The predicted octanol–water partition coefficient (Wildman–Crippen LogP) is 1.96. The quantitative estimate of drug-likeness (QED) is 0.884. The van der Waals surface area contributed by atoms with Crippen molar-refractivity contribution in [2.75, 3.05) is 4.72 Å². The molecule has 0 aliphatic rings. The number of aromatic nitrogens is 1. The van der Waals surface area contributed by atoms with Crippen LogP contribution in [0.3, 0.4) is 0 Å². The molecule has 0 aliphatic heterocycles. The maximum atomic E-state index is 12.2. The minimum Gasteiger partial charge on any atom is -0.491 e. The Balaban J connectivity index is 2.24. The maximum Gasteiger partial charge on any atom is 0.272 e. The van der Waals surface area contributed by atoms with Crippen LogP contribution >= 0.6 is 0 Å². The highest BCUT2D eigenvalue weighted by molar-refractivity contribution is 7.92. The van der Waals surface area contributed by atoms with Gasteiger partial charge in [-0.25, -0.2) is 8.42 Å². The van der Waals surface area contributed by atoms with E-state index in [1.807, 2.05) is 13.8 Å². The lowest BCUT2D eigenvalue weighted by Crippen LogP contribution is -2.19. The van der Waals surface area contributed by atoms with Crippen molar-refractivity contribution < 1.29 is 13.2 Å². The molecule has 0 unspecified atom stereocenters. The van der Waals surface area contributed by atoms with E-state index in [0.717, 1.165) is 0 Å². The lowest BCUT2D eigenvalue weighted by atomic mass is 10.3. The van der Waals surface area contributed by atoms with Gasteiger partial charge in [0, 0.05) is 6.20 Å². The fourth-order valence-corrected chi connectivity index (χ4v) is 2.74. The number of sulfonamides is 1. The minimum atomic E-state index is -3.81. The van der Waals surface area contributed by atoms with Gasteiger partial charge in [0.15, 0.2) is 0 Å². The number of H-pyrrole nitrogens is 1. The highest BCUT2D eigenvalue weighted by Gasteiger charge is 2.15. The third kappa shape index (κ3) is 3.85. The zero-order chi connectivity index (χ0) is 15.5. The molecule has 2 rings (SSSR count). The number of rotatable bonds is 5. The van der Waals surface area contributed by atoms with Crippen LogP contribution in [0.1, 0.15) is 13.8 Å². The van der Waals surface area contributed by atoms with Gasteiger partial charge in [-0.15, -0.1) is 0 Å². The number of hydrogen-bond donors (Lipinski definition) is 2. The smallest absolute Gasteiger partial charge is 0.272 e. The van der Waals surface area contributed by atoms with Gasteiger partial charge >= 0.3 is 0 Å². The monoisotopic (exact) mass is 308 g/mol. The van der Waals surface area contributed by atoms with Crippen LogP contribution in [0.15, 0.2) is 52.3 Å². The predicted molar refractivity (Wildman–Crippen MR) is 80.1 cm³/mol. The Labute approximate surface area is 122 Å². The van der Waals surface area contributed by atoms with E-state index in [-0.39, 0.29) is 16.7 Å². The summed E-state index contributed by atoms with van der Waals surface area (Å²) in [5.41, 5.74) is -0.527. The second-order valence-corrected chi connectivity index (χ2v) is 6.34. The first kappa shape index (κ1) is 15.1. The molecular formula is C14H16N2O4S. The van der Waals surface area contributed by atoms with Gasteiger partial charge in [0.25, 0.3) is 15.6 Å². The molecule has 7 heteroatoms. The molecule has 0 saturated heterocycles. The molecule has 0 radical (unpaired) electrons. The molecule has 1 aromatic carbocycles. The molecule has 0 fully saturated rings. The lowest BCUT2D eigenvalue weighted by Gasteiger charge is -2.11. The average Bonchev–Trinajstić information content (AvgIpc) is 2.41. The van der Waals surface area contributed by atoms with Crippen molar-refractivity contribution in [2.45, 2.75) is 24.8 Å². The van der Waals surface area contributed by atoms with Gasteiger partial charge in [-0.1, -0.05) is 0 Å². The highest BCUT2D eigenvalue weighted by atomic mass is 32.2. The van der Waals surface area contributed by atoms with Crippen molar-refractivity contribution in [3.05, 3.63) is 52.9 Å². The molecule has 1 aromatic heterocycles. The van der Waals surface area contributed by atoms with E-state index in [9.17, 15) is 13.2 Å². The summed E-state index contributed by atoms with van der Waals surface area (Å²) >= 11 is 0. The van der Waals surface area contributed by atoms with Gasteiger partial charge in [0.2, 0.25) is 0 Å². The Morgan fingerprint density at radius 3 is 2.38 bits per heavy atom. The molecule has 1 heterocycles. The van der Waals surface area contributed by atoms with Gasteiger partial charge in [0.1, 0.15) is 11.4 Å². The van der Waals surface area contributed by atoms with Crippen LogP contribution in [0.5, 0.6) is 5.75 Å². The fourth-order valence-electron chi connectivity index (χ4n) is 1.68. The molecule has 0 spiro atoms. The van der Waals surface area contributed by atoms with Crippen molar-refractivity contribution in [1.29, 1.82) is 0 Å². The van der Waals surface area contributed by atoms with E-state index in [4.69, 9.17) is 4.74 Å². The SMILES string of the molecule is CC(C)Oc1ccc(S(=O)(=O)Nc2ccc[nH]c2=O)cc1. The van der Waals surface area contributed by atoms with E-state index in [0.29, 0.717) is 5.75 Å². The Bertz CT molecular complexity index is 764. The molecule has 2 aromatic rings. The second-order valence-electron chi connectivity index (χ2n) is 4.66. The summed E-state index contributed by atoms with van der Waals surface area (Å²) in [6.07, 6.45) is 1.44. The van der Waals surface area contributed by atoms with Crippen molar-refractivity contribution >= 4 is 15.7 Å². The number of benzene rings is 1. The summed E-state index contributed by atoms with van der Waals surface area (Å²) in [6, 6.07) is 8.94. The standard InChI is InChI=1S/C14H16N2O4S/c1-10(2)20-11-5-7-12(8-6-11)21(18,19)16-13-4-3-9-15-14(13)17/h3-10,16H,1-2H3,(H,15,17). The van der Waals surface area contributed by atoms with Crippen LogP contribution < -0.4 is 15.0 Å². The van der Waals surface area contributed by atoms with E-state index >= 15 is 0 Å². The third-order valence-corrected chi connectivity index (χ3v) is 3.95. The molecule has 0 bridgehead atoms. The molecule has 6 nitrogen and oxygen atoms in total. The number of anilines is 1. The number of hydrogen-bond acceptors (Lipinski definition) is 4. The first-order chi connectivity index (χ1) is 9.88. The minimum absolute atomic E-state index is 0.00783. The van der Waals surface area contributed by atoms with Gasteiger partial charge in [-0.3, -0.25) is 9.52 Å². The maximum absolute atomic E-state index is 12.2. The number of pyridine rings is 1. The molecular weight excluding hydrogens is 292 g/mol. The van der Waals surface area contributed by atoms with Crippen LogP contribution in [0, 0.1) is 0 Å². The number of ether oxygens (including phenoxy) is 1. The van der Waals surface area contributed by atoms with Gasteiger partial charge in [-0.2, -0.15) is 0 Å². The van der Waals surface area contributed by atoms with Crippen LogP contribution in [0.2, 0.25) is 0 Å². The summed E-state index contributed by atoms with van der Waals surface area (Å²) in [6.45, 7) is 3.77. The first-order valence-corrected chi connectivity index (χ1v) is 7.84. The fraction of sp³-hybridized carbons (Fsp3) is 0.214. The summed E-state index contributed by atoms with van der Waals surface area (Å²) in [7, 11) is -3.81. The summed E-state index contributed by atoms with van der Waals surface area (Å²) in [5, 5.41) is 0. The van der Waals surface area contributed by atoms with Gasteiger partial charge in [0.05, 0.1) is 11.0 Å². The largest absolute Gasteiger partial charge is 0.491 e. The van der Waals surface area contributed by atoms with E-state index in [1.54, 1.807) is 18.2 Å². The summed E-state index contributed by atoms with van der Waals surface area (Å²) < 4.78 is 32.1. The topological polar surface area (TPSA) is 88.3 Å². The third-order valence-electron chi connectivity index (χ3n) is 2.57. The normalized spacial score (nSPS) is 11.4. The van der Waals surface area contributed by atoms with Crippen LogP contribution in [-0.4, -0.2) is 19.5 Å². The molecule has 112 valence electrons. The molecule has 0 saturated carbocycles. The first-order valence-electron chi connectivity index (χ1n) is 6.36. The van der Waals surface area contributed by atoms with Gasteiger partial charge in [-0.05, 0) is 50.2 Å². The Morgan fingerprint density at radius 2 is 1.81 bits per heavy atom. The highest BCUT2D eigenvalue weighted by Crippen LogP contribution is 2.18. The zero-order valence-electron chi connectivity index (χ0n) is 11.7. The molecule has 2 N–H and O–H groups in total. The van der Waals surface area contributed by atoms with E-state index in [1.165, 1.54) is 24.4 Å². The number of nitrogens with one attached hydrogen (secondary N) is 2. The zero-order valence-corrected chi connectivity index (χ0v) is 12.5. The molecule has 0 amide bonds. The van der Waals surface area contributed by atoms with Crippen LogP contribution in [-0.2, 0) is 10.0 Å². The van der Waals surface area contributed by atoms with E-state index < -0.39 is 15.6 Å². The van der Waals surface area contributed by atoms with Crippen molar-refractivity contribution in [3.63, 3.8) is 0 Å². The van der Waals surface area contributed by atoms with Crippen molar-refractivity contribution in [3.8, 4) is 5.75 Å². The Hall–Kier alpha value is -2.28. The van der Waals surface area contributed by atoms with Crippen LogP contribution in [0.25, 0.3) is 0 Å². The summed E-state index contributed by atoms with van der Waals surface area (Å²) in [5.74, 6) is 0.585. The average molecular weight is 308 g/mol. The van der Waals surface area contributed by atoms with Crippen molar-refractivity contribution in [2.24, 2.45) is 0 Å². The van der Waals surface area contributed by atoms with Crippen LogP contribution in [0.4, 0.5) is 5.69 Å². The second kappa shape index (κ2) is 6.01. The number of aromatic amines is 1. The van der Waals surface area contributed by atoms with Crippen molar-refractivity contribution in [1.82, 2.24) is 4.98 Å². The lowest BCUT2D eigenvalue weighted by molar-refractivity contribution is 0.242. The molecule has 21 heavy (non-hydrogen) atoms. The summed E-state index contributed by atoms with van der Waals surface area (Å²) in [4.78, 5) is 14.0. The Kier molecular flexibility index (Phi) is 4.32. The Morgan fingerprint density at radius 1 is 1.14 bits per heavy atom. The van der Waals surface area contributed by atoms with Gasteiger partial charge < -0.3 is 9.72 Å².